The van der Waals surface area contributed by atoms with Crippen LogP contribution in [0.25, 0.3) is 11.1 Å². The van der Waals surface area contributed by atoms with Gasteiger partial charge in [0.1, 0.15) is 5.69 Å². The van der Waals surface area contributed by atoms with Crippen molar-refractivity contribution in [2.75, 3.05) is 24.8 Å². The summed E-state index contributed by atoms with van der Waals surface area (Å²) in [6.07, 6.45) is 0.974. The van der Waals surface area contributed by atoms with E-state index in [0.29, 0.717) is 0 Å². The van der Waals surface area contributed by atoms with Crippen molar-refractivity contribution in [2.24, 2.45) is 0 Å². The van der Waals surface area contributed by atoms with Gasteiger partial charge in [0, 0.05) is 18.4 Å². The van der Waals surface area contributed by atoms with E-state index in [1.54, 1.807) is 0 Å². The lowest BCUT2D eigenvalue weighted by atomic mass is 9.93. The standard InChI is InChI=1S/C23H22N2O5S/c1-29-21-13-12-20(23(24-21)30-2)25(31(3,27)28)22(26)14-19-17-10-6-4-8-15(17)16-9-5-7-11-18(16)19/h4-13,19H,14H2,1-3H3. The molecule has 3 aromatic rings. The Morgan fingerprint density at radius 1 is 0.935 bits per heavy atom. The van der Waals surface area contributed by atoms with Crippen LogP contribution in [0.15, 0.2) is 60.7 Å². The van der Waals surface area contributed by atoms with Crippen molar-refractivity contribution >= 4 is 21.6 Å². The highest BCUT2D eigenvalue weighted by atomic mass is 32.2. The number of fused-ring (bicyclic) bond motifs is 3. The number of hydrogen-bond donors (Lipinski definition) is 0. The van der Waals surface area contributed by atoms with Gasteiger partial charge in [0.25, 0.3) is 0 Å². The third-order valence-electron chi connectivity index (χ3n) is 5.34. The number of methoxy groups -OCH3 is 2. The maximum absolute atomic E-state index is 13.4. The number of benzene rings is 2. The van der Waals surface area contributed by atoms with E-state index in [-0.39, 0.29) is 29.8 Å². The molecule has 0 bridgehead atoms. The number of aromatic nitrogens is 1. The average Bonchev–Trinajstić information content (AvgIpc) is 3.07. The SMILES string of the molecule is COc1ccc(N(C(=O)CC2c3ccccc3-c3ccccc32)S(C)(=O)=O)c(OC)n1. The molecule has 7 nitrogen and oxygen atoms in total. The quantitative estimate of drug-likeness (QED) is 0.585. The molecule has 1 amide bonds. The van der Waals surface area contributed by atoms with E-state index in [0.717, 1.165) is 32.8 Å². The van der Waals surface area contributed by atoms with Crippen LogP contribution >= 0.6 is 0 Å². The predicted molar refractivity (Wildman–Crippen MR) is 118 cm³/mol. The van der Waals surface area contributed by atoms with Crippen molar-refractivity contribution in [1.82, 2.24) is 4.98 Å². The molecule has 0 atom stereocenters. The smallest absolute Gasteiger partial charge is 0.242 e. The van der Waals surface area contributed by atoms with Crippen LogP contribution in [0.5, 0.6) is 11.8 Å². The minimum Gasteiger partial charge on any atom is -0.481 e. The summed E-state index contributed by atoms with van der Waals surface area (Å²) in [5.74, 6) is -0.573. The predicted octanol–water partition coefficient (Wildman–Crippen LogP) is 3.59. The van der Waals surface area contributed by atoms with Crippen molar-refractivity contribution < 1.29 is 22.7 Å². The van der Waals surface area contributed by atoms with E-state index in [1.807, 2.05) is 48.5 Å². The lowest BCUT2D eigenvalue weighted by Crippen LogP contribution is -2.37. The van der Waals surface area contributed by atoms with Crippen molar-refractivity contribution in [3.63, 3.8) is 0 Å². The van der Waals surface area contributed by atoms with E-state index >= 15 is 0 Å². The fourth-order valence-electron chi connectivity index (χ4n) is 4.07. The summed E-state index contributed by atoms with van der Waals surface area (Å²) in [6.45, 7) is 0. The van der Waals surface area contributed by atoms with Crippen LogP contribution in [-0.4, -0.2) is 39.8 Å². The first kappa shape index (κ1) is 20.9. The third-order valence-corrected chi connectivity index (χ3v) is 6.40. The van der Waals surface area contributed by atoms with Crippen LogP contribution in [0.1, 0.15) is 23.5 Å². The maximum Gasteiger partial charge on any atom is 0.242 e. The number of carbonyl (C=O) groups is 1. The Morgan fingerprint density at radius 3 is 2.03 bits per heavy atom. The minimum atomic E-state index is -3.94. The Balaban J connectivity index is 1.76. The number of hydrogen-bond acceptors (Lipinski definition) is 6. The Labute approximate surface area is 181 Å². The molecule has 160 valence electrons. The van der Waals surface area contributed by atoms with Crippen molar-refractivity contribution in [1.29, 1.82) is 0 Å². The van der Waals surface area contributed by atoms with Crippen LogP contribution in [0, 0.1) is 0 Å². The first-order chi connectivity index (χ1) is 14.8. The molecular weight excluding hydrogens is 416 g/mol. The van der Waals surface area contributed by atoms with Gasteiger partial charge < -0.3 is 9.47 Å². The number of pyridine rings is 1. The Kier molecular flexibility index (Phi) is 5.41. The van der Waals surface area contributed by atoms with E-state index in [4.69, 9.17) is 9.47 Å². The second kappa shape index (κ2) is 8.03. The van der Waals surface area contributed by atoms with Gasteiger partial charge in [0.05, 0.1) is 20.5 Å². The zero-order chi connectivity index (χ0) is 22.2. The van der Waals surface area contributed by atoms with Gasteiger partial charge in [0.15, 0.2) is 0 Å². The molecule has 8 heteroatoms. The number of sulfonamides is 1. The van der Waals surface area contributed by atoms with E-state index < -0.39 is 15.9 Å². The molecule has 0 saturated heterocycles. The molecule has 0 unspecified atom stereocenters. The van der Waals surface area contributed by atoms with Gasteiger partial charge in [-0.05, 0) is 28.3 Å². The molecule has 0 fully saturated rings. The molecule has 1 heterocycles. The van der Waals surface area contributed by atoms with Crippen LogP contribution in [-0.2, 0) is 14.8 Å². The minimum absolute atomic E-state index is 0.00894. The molecule has 1 aromatic heterocycles. The molecule has 0 radical (unpaired) electrons. The Bertz CT molecular complexity index is 1210. The van der Waals surface area contributed by atoms with E-state index in [2.05, 4.69) is 4.98 Å². The molecule has 0 spiro atoms. The number of ether oxygens (including phenoxy) is 2. The van der Waals surface area contributed by atoms with Gasteiger partial charge in [-0.1, -0.05) is 48.5 Å². The van der Waals surface area contributed by atoms with Gasteiger partial charge >= 0.3 is 0 Å². The van der Waals surface area contributed by atoms with E-state index in [9.17, 15) is 13.2 Å². The number of rotatable bonds is 6. The van der Waals surface area contributed by atoms with Crippen molar-refractivity contribution in [2.45, 2.75) is 12.3 Å². The van der Waals surface area contributed by atoms with Crippen LogP contribution in [0.4, 0.5) is 5.69 Å². The number of carbonyl (C=O) groups excluding carboxylic acids is 1. The summed E-state index contributed by atoms with van der Waals surface area (Å²) in [7, 11) is -1.14. The molecule has 0 N–H and O–H groups in total. The van der Waals surface area contributed by atoms with Gasteiger partial charge in [-0.2, -0.15) is 4.98 Å². The number of anilines is 1. The first-order valence-electron chi connectivity index (χ1n) is 9.65. The second-order valence-corrected chi connectivity index (χ2v) is 9.07. The zero-order valence-electron chi connectivity index (χ0n) is 17.4. The van der Waals surface area contributed by atoms with Gasteiger partial charge in [-0.3, -0.25) is 4.79 Å². The molecule has 1 aliphatic carbocycles. The molecule has 31 heavy (non-hydrogen) atoms. The van der Waals surface area contributed by atoms with Crippen LogP contribution in [0.3, 0.4) is 0 Å². The summed E-state index contributed by atoms with van der Waals surface area (Å²) in [5, 5.41) is 0. The maximum atomic E-state index is 13.4. The normalized spacial score (nSPS) is 12.7. The molecular formula is C23H22N2O5S. The molecule has 4 rings (SSSR count). The van der Waals surface area contributed by atoms with Crippen LogP contribution in [0.2, 0.25) is 0 Å². The number of amides is 1. The zero-order valence-corrected chi connectivity index (χ0v) is 18.2. The molecule has 0 saturated carbocycles. The van der Waals surface area contributed by atoms with Crippen LogP contribution < -0.4 is 13.8 Å². The summed E-state index contributed by atoms with van der Waals surface area (Å²) in [6, 6.07) is 18.7. The third kappa shape index (κ3) is 3.74. The summed E-state index contributed by atoms with van der Waals surface area (Å²) in [4.78, 5) is 17.5. The lowest BCUT2D eigenvalue weighted by molar-refractivity contribution is -0.117. The summed E-state index contributed by atoms with van der Waals surface area (Å²) >= 11 is 0. The number of nitrogens with zero attached hydrogens (tertiary/aromatic N) is 2. The summed E-state index contributed by atoms with van der Waals surface area (Å²) in [5.41, 5.74) is 4.18. The highest BCUT2D eigenvalue weighted by molar-refractivity contribution is 7.92. The second-order valence-electron chi connectivity index (χ2n) is 7.23. The van der Waals surface area contributed by atoms with Crippen molar-refractivity contribution in [3.05, 3.63) is 71.8 Å². The topological polar surface area (TPSA) is 85.8 Å². The highest BCUT2D eigenvalue weighted by Crippen LogP contribution is 2.46. The molecule has 2 aromatic carbocycles. The van der Waals surface area contributed by atoms with Crippen molar-refractivity contribution in [3.8, 4) is 22.9 Å². The Hall–Kier alpha value is -3.39. The fourth-order valence-corrected chi connectivity index (χ4v) is 5.01. The summed E-state index contributed by atoms with van der Waals surface area (Å²) < 4.78 is 36.4. The van der Waals surface area contributed by atoms with Gasteiger partial charge in [-0.15, -0.1) is 0 Å². The van der Waals surface area contributed by atoms with E-state index in [1.165, 1.54) is 26.4 Å². The lowest BCUT2D eigenvalue weighted by Gasteiger charge is -2.24. The Morgan fingerprint density at radius 2 is 1.52 bits per heavy atom. The van der Waals surface area contributed by atoms with Gasteiger partial charge in [0.2, 0.25) is 27.7 Å². The monoisotopic (exact) mass is 438 g/mol. The molecule has 0 aliphatic heterocycles. The fraction of sp³-hybridized carbons (Fsp3) is 0.217. The first-order valence-corrected chi connectivity index (χ1v) is 11.5. The molecule has 1 aliphatic rings. The highest BCUT2D eigenvalue weighted by Gasteiger charge is 2.35. The van der Waals surface area contributed by atoms with Gasteiger partial charge in [-0.25, -0.2) is 12.7 Å². The largest absolute Gasteiger partial charge is 0.481 e. The average molecular weight is 439 g/mol.